The maximum Gasteiger partial charge on any atom is 0.138 e. The van der Waals surface area contributed by atoms with E-state index in [2.05, 4.69) is 20.9 Å². The van der Waals surface area contributed by atoms with Crippen molar-refractivity contribution in [2.24, 2.45) is 0 Å². The minimum atomic E-state index is 0.0843. The Morgan fingerprint density at radius 2 is 1.91 bits per heavy atom. The second-order valence-corrected chi connectivity index (χ2v) is 6.76. The van der Waals surface area contributed by atoms with Crippen molar-refractivity contribution in [2.75, 3.05) is 0 Å². The Hall–Kier alpha value is -1.75. The van der Waals surface area contributed by atoms with E-state index < -0.39 is 0 Å². The average Bonchev–Trinajstić information content (AvgIpc) is 2.91. The van der Waals surface area contributed by atoms with Crippen molar-refractivity contribution in [1.82, 2.24) is 9.38 Å². The van der Waals surface area contributed by atoms with E-state index in [4.69, 9.17) is 23.2 Å². The molecule has 0 bridgehead atoms. The van der Waals surface area contributed by atoms with Crippen LogP contribution in [0.4, 0.5) is 0 Å². The fraction of sp³-hybridized carbons (Fsp3) is 0. The van der Waals surface area contributed by atoms with Crippen LogP contribution in [0, 0.1) is 0 Å². The van der Waals surface area contributed by atoms with E-state index in [1.54, 1.807) is 6.07 Å². The molecule has 0 saturated heterocycles. The summed E-state index contributed by atoms with van der Waals surface area (Å²) >= 11 is 15.8. The van der Waals surface area contributed by atoms with Gasteiger partial charge in [-0.25, -0.2) is 4.98 Å². The molecule has 0 atom stereocenters. The number of imidazole rings is 1. The SMILES string of the molecule is Oc1ccc(Cl)c(Cl)c1-c1ccn2c(c1)nc1c(Br)cccc12. The minimum Gasteiger partial charge on any atom is -0.507 e. The molecule has 1 N–H and O–H groups in total. The first kappa shape index (κ1) is 14.8. The van der Waals surface area contributed by atoms with Gasteiger partial charge in [0.15, 0.2) is 0 Å². The number of pyridine rings is 1. The standard InChI is InChI=1S/C17H9BrCl2N2O/c18-10-2-1-3-12-17(10)21-14-8-9(6-7-22(12)14)15-13(23)5-4-11(19)16(15)20/h1-8,23H. The molecular formula is C17H9BrCl2N2O. The molecule has 4 aromatic rings. The summed E-state index contributed by atoms with van der Waals surface area (Å²) in [6.45, 7) is 0. The molecule has 0 amide bonds. The molecule has 0 saturated carbocycles. The highest BCUT2D eigenvalue weighted by Crippen LogP contribution is 2.40. The summed E-state index contributed by atoms with van der Waals surface area (Å²) in [7, 11) is 0. The Labute approximate surface area is 150 Å². The van der Waals surface area contributed by atoms with E-state index in [1.807, 2.05) is 40.9 Å². The van der Waals surface area contributed by atoms with E-state index in [0.29, 0.717) is 15.6 Å². The molecule has 0 fully saturated rings. The molecule has 0 aliphatic carbocycles. The number of fused-ring (bicyclic) bond motifs is 3. The third-order valence-electron chi connectivity index (χ3n) is 3.75. The Morgan fingerprint density at radius 1 is 1.09 bits per heavy atom. The van der Waals surface area contributed by atoms with E-state index in [-0.39, 0.29) is 5.75 Å². The first-order chi connectivity index (χ1) is 11.1. The number of hydrogen-bond acceptors (Lipinski definition) is 2. The number of nitrogens with zero attached hydrogens (tertiary/aromatic N) is 2. The fourth-order valence-electron chi connectivity index (χ4n) is 2.67. The van der Waals surface area contributed by atoms with Crippen molar-refractivity contribution >= 4 is 55.8 Å². The van der Waals surface area contributed by atoms with Gasteiger partial charge in [-0.1, -0.05) is 29.3 Å². The van der Waals surface area contributed by atoms with Crippen molar-refractivity contribution in [3.8, 4) is 16.9 Å². The first-order valence-electron chi connectivity index (χ1n) is 6.80. The van der Waals surface area contributed by atoms with Gasteiger partial charge < -0.3 is 5.11 Å². The Kier molecular flexibility index (Phi) is 3.48. The van der Waals surface area contributed by atoms with Gasteiger partial charge >= 0.3 is 0 Å². The number of halogens is 3. The smallest absolute Gasteiger partial charge is 0.138 e. The predicted octanol–water partition coefficient (Wildman–Crippen LogP) is 5.93. The number of rotatable bonds is 1. The molecule has 0 aliphatic heterocycles. The zero-order valence-corrected chi connectivity index (χ0v) is 14.7. The summed E-state index contributed by atoms with van der Waals surface area (Å²) in [5, 5.41) is 10.9. The van der Waals surface area contributed by atoms with Crippen LogP contribution in [0.1, 0.15) is 0 Å². The zero-order valence-electron chi connectivity index (χ0n) is 11.6. The van der Waals surface area contributed by atoms with Gasteiger partial charge in [0.1, 0.15) is 16.9 Å². The third-order valence-corrected chi connectivity index (χ3v) is 5.19. The number of para-hydroxylation sites is 1. The number of benzene rings is 2. The molecule has 2 aromatic carbocycles. The molecule has 0 aliphatic rings. The lowest BCUT2D eigenvalue weighted by molar-refractivity contribution is 0.477. The highest BCUT2D eigenvalue weighted by Gasteiger charge is 2.14. The van der Waals surface area contributed by atoms with Crippen molar-refractivity contribution in [2.45, 2.75) is 0 Å². The number of phenolic OH excluding ortho intramolecular Hbond substituents is 1. The number of hydrogen-bond donors (Lipinski definition) is 1. The molecule has 2 heterocycles. The van der Waals surface area contributed by atoms with Gasteiger partial charge in [0.2, 0.25) is 0 Å². The van der Waals surface area contributed by atoms with E-state index in [9.17, 15) is 5.11 Å². The van der Waals surface area contributed by atoms with Crippen LogP contribution in [-0.2, 0) is 0 Å². The van der Waals surface area contributed by atoms with Gasteiger partial charge in [0, 0.05) is 16.2 Å². The van der Waals surface area contributed by atoms with Gasteiger partial charge in [-0.2, -0.15) is 0 Å². The Balaban J connectivity index is 2.02. The predicted molar refractivity (Wildman–Crippen MR) is 97.5 cm³/mol. The lowest BCUT2D eigenvalue weighted by atomic mass is 10.1. The van der Waals surface area contributed by atoms with Crippen LogP contribution in [0.2, 0.25) is 10.0 Å². The second-order valence-electron chi connectivity index (χ2n) is 5.12. The van der Waals surface area contributed by atoms with Gasteiger partial charge in [-0.05, 0) is 57.9 Å². The highest BCUT2D eigenvalue weighted by atomic mass is 79.9. The Bertz CT molecular complexity index is 1080. The molecular weight excluding hydrogens is 399 g/mol. The van der Waals surface area contributed by atoms with Crippen LogP contribution in [0.25, 0.3) is 27.8 Å². The van der Waals surface area contributed by atoms with Crippen LogP contribution < -0.4 is 0 Å². The zero-order chi connectivity index (χ0) is 16.1. The lowest BCUT2D eigenvalue weighted by Crippen LogP contribution is -1.87. The molecule has 0 radical (unpaired) electrons. The van der Waals surface area contributed by atoms with Crippen LogP contribution in [0.15, 0.2) is 53.1 Å². The molecule has 114 valence electrons. The van der Waals surface area contributed by atoms with E-state index in [0.717, 1.165) is 26.7 Å². The highest BCUT2D eigenvalue weighted by molar-refractivity contribution is 9.10. The van der Waals surface area contributed by atoms with Crippen molar-refractivity contribution in [1.29, 1.82) is 0 Å². The molecule has 6 heteroatoms. The summed E-state index contributed by atoms with van der Waals surface area (Å²) in [5.41, 5.74) is 3.91. The maximum absolute atomic E-state index is 10.1. The first-order valence-corrected chi connectivity index (χ1v) is 8.35. The van der Waals surface area contributed by atoms with Crippen molar-refractivity contribution in [3.63, 3.8) is 0 Å². The van der Waals surface area contributed by atoms with Gasteiger partial charge in [-0.15, -0.1) is 0 Å². The third kappa shape index (κ3) is 2.29. The maximum atomic E-state index is 10.1. The van der Waals surface area contributed by atoms with Crippen LogP contribution in [0.3, 0.4) is 0 Å². The minimum absolute atomic E-state index is 0.0843. The molecule has 0 unspecified atom stereocenters. The van der Waals surface area contributed by atoms with E-state index >= 15 is 0 Å². The number of aromatic nitrogens is 2. The normalized spacial score (nSPS) is 11.4. The fourth-order valence-corrected chi connectivity index (χ4v) is 3.54. The second kappa shape index (κ2) is 5.41. The van der Waals surface area contributed by atoms with Crippen molar-refractivity contribution in [3.05, 3.63) is 63.2 Å². The van der Waals surface area contributed by atoms with E-state index in [1.165, 1.54) is 6.07 Å². The van der Waals surface area contributed by atoms with Gasteiger partial charge in [0.25, 0.3) is 0 Å². The van der Waals surface area contributed by atoms with Crippen molar-refractivity contribution < 1.29 is 5.11 Å². The molecule has 2 aromatic heterocycles. The molecule has 3 nitrogen and oxygen atoms in total. The number of aromatic hydroxyl groups is 1. The summed E-state index contributed by atoms with van der Waals surface area (Å²) in [5.74, 6) is 0.0843. The summed E-state index contributed by atoms with van der Waals surface area (Å²) in [6, 6.07) is 12.8. The summed E-state index contributed by atoms with van der Waals surface area (Å²) in [4.78, 5) is 4.64. The Morgan fingerprint density at radius 3 is 2.74 bits per heavy atom. The summed E-state index contributed by atoms with van der Waals surface area (Å²) < 4.78 is 2.92. The molecule has 4 rings (SSSR count). The number of phenols is 1. The monoisotopic (exact) mass is 406 g/mol. The quantitative estimate of drug-likeness (QED) is 0.424. The summed E-state index contributed by atoms with van der Waals surface area (Å²) in [6.07, 6.45) is 1.91. The van der Waals surface area contributed by atoms with Crippen LogP contribution in [-0.4, -0.2) is 14.5 Å². The topological polar surface area (TPSA) is 37.5 Å². The van der Waals surface area contributed by atoms with Crippen LogP contribution >= 0.6 is 39.1 Å². The van der Waals surface area contributed by atoms with Crippen LogP contribution in [0.5, 0.6) is 5.75 Å². The largest absolute Gasteiger partial charge is 0.507 e. The molecule has 0 spiro atoms. The van der Waals surface area contributed by atoms with Gasteiger partial charge in [-0.3, -0.25) is 4.40 Å². The lowest BCUT2D eigenvalue weighted by Gasteiger charge is -2.09. The average molecular weight is 408 g/mol. The molecule has 23 heavy (non-hydrogen) atoms. The van der Waals surface area contributed by atoms with Gasteiger partial charge in [0.05, 0.1) is 15.6 Å².